The van der Waals surface area contributed by atoms with E-state index in [0.717, 1.165) is 18.2 Å². The Morgan fingerprint density at radius 3 is 2.22 bits per heavy atom. The molecule has 1 nitrogen and oxygen atoms in total. The fourth-order valence-corrected chi connectivity index (χ4v) is 1.66. The number of rotatable bonds is 1. The van der Waals surface area contributed by atoms with E-state index < -0.39 is 23.3 Å². The van der Waals surface area contributed by atoms with Crippen LogP contribution in [0.25, 0.3) is 11.1 Å². The van der Waals surface area contributed by atoms with Crippen LogP contribution < -0.4 is 0 Å². The molecule has 0 heterocycles. The smallest absolute Gasteiger partial charge is 0.417 e. The van der Waals surface area contributed by atoms with Crippen molar-refractivity contribution in [3.8, 4) is 16.9 Å². The lowest BCUT2D eigenvalue weighted by molar-refractivity contribution is -0.137. The average Bonchev–Trinajstić information content (AvgIpc) is 2.32. The molecule has 0 spiro atoms. The number of hydrogen-bond acceptors (Lipinski definition) is 1. The van der Waals surface area contributed by atoms with Gasteiger partial charge in [-0.15, -0.1) is 0 Å². The molecule has 2 aromatic rings. The van der Waals surface area contributed by atoms with Gasteiger partial charge in [-0.25, -0.2) is 4.39 Å². The molecular formula is C13H8F4O. The Morgan fingerprint density at radius 2 is 1.61 bits per heavy atom. The second-order valence-electron chi connectivity index (χ2n) is 3.71. The number of halogens is 4. The maximum atomic E-state index is 12.9. The zero-order chi connectivity index (χ0) is 13.3. The number of aromatic hydroxyl groups is 1. The standard InChI is InChI=1S/C13H8F4O/c14-11-6-5-8(7-12(11)18)9-3-1-2-4-10(9)13(15,16)17/h1-7,18H. The van der Waals surface area contributed by atoms with E-state index >= 15 is 0 Å². The maximum absolute atomic E-state index is 12.9. The highest BCUT2D eigenvalue weighted by Gasteiger charge is 2.33. The lowest BCUT2D eigenvalue weighted by atomic mass is 9.99. The molecule has 0 amide bonds. The van der Waals surface area contributed by atoms with Gasteiger partial charge in [0.1, 0.15) is 0 Å². The molecule has 18 heavy (non-hydrogen) atoms. The van der Waals surface area contributed by atoms with Gasteiger partial charge >= 0.3 is 6.18 Å². The molecule has 5 heteroatoms. The molecule has 0 aromatic heterocycles. The van der Waals surface area contributed by atoms with Gasteiger partial charge in [0.2, 0.25) is 0 Å². The van der Waals surface area contributed by atoms with Crippen molar-refractivity contribution in [2.24, 2.45) is 0 Å². The molecular weight excluding hydrogens is 248 g/mol. The number of phenols is 1. The van der Waals surface area contributed by atoms with Crippen molar-refractivity contribution < 1.29 is 22.7 Å². The Kier molecular flexibility index (Phi) is 2.98. The van der Waals surface area contributed by atoms with Crippen LogP contribution in [-0.2, 0) is 6.18 Å². The first-order valence-corrected chi connectivity index (χ1v) is 5.04. The molecule has 0 atom stereocenters. The molecule has 0 saturated heterocycles. The monoisotopic (exact) mass is 256 g/mol. The third kappa shape index (κ3) is 2.30. The Morgan fingerprint density at radius 1 is 0.944 bits per heavy atom. The molecule has 0 saturated carbocycles. The first-order valence-electron chi connectivity index (χ1n) is 5.04. The molecule has 1 N–H and O–H groups in total. The van der Waals surface area contributed by atoms with Gasteiger partial charge in [-0.3, -0.25) is 0 Å². The summed E-state index contributed by atoms with van der Waals surface area (Å²) in [5.41, 5.74) is -0.807. The molecule has 2 rings (SSSR count). The molecule has 2 aromatic carbocycles. The summed E-state index contributed by atoms with van der Waals surface area (Å²) in [5.74, 6) is -1.55. The van der Waals surface area contributed by atoms with Crippen molar-refractivity contribution in [1.29, 1.82) is 0 Å². The summed E-state index contributed by atoms with van der Waals surface area (Å²) < 4.78 is 51.2. The second kappa shape index (κ2) is 4.33. The Labute approximate surface area is 100 Å². The lowest BCUT2D eigenvalue weighted by Gasteiger charge is -2.12. The topological polar surface area (TPSA) is 20.2 Å². The molecule has 94 valence electrons. The second-order valence-corrected chi connectivity index (χ2v) is 3.71. The lowest BCUT2D eigenvalue weighted by Crippen LogP contribution is -2.06. The summed E-state index contributed by atoms with van der Waals surface area (Å²) in [4.78, 5) is 0. The normalized spacial score (nSPS) is 11.6. The summed E-state index contributed by atoms with van der Waals surface area (Å²) >= 11 is 0. The van der Waals surface area contributed by atoms with E-state index in [-0.39, 0.29) is 11.1 Å². The van der Waals surface area contributed by atoms with Gasteiger partial charge in [-0.2, -0.15) is 13.2 Å². The SMILES string of the molecule is Oc1cc(-c2ccccc2C(F)(F)F)ccc1F. The van der Waals surface area contributed by atoms with E-state index in [1.165, 1.54) is 24.3 Å². The van der Waals surface area contributed by atoms with Crippen molar-refractivity contribution in [2.45, 2.75) is 6.18 Å². The summed E-state index contributed by atoms with van der Waals surface area (Å²) in [5, 5.41) is 9.20. The highest BCUT2D eigenvalue weighted by molar-refractivity contribution is 5.69. The van der Waals surface area contributed by atoms with Gasteiger partial charge in [0.25, 0.3) is 0 Å². The molecule has 0 aliphatic rings. The molecule has 0 radical (unpaired) electrons. The van der Waals surface area contributed by atoms with Gasteiger partial charge in [0, 0.05) is 0 Å². The van der Waals surface area contributed by atoms with Gasteiger partial charge in [-0.1, -0.05) is 24.3 Å². The summed E-state index contributed by atoms with van der Waals surface area (Å²) in [6.07, 6.45) is -4.50. The summed E-state index contributed by atoms with van der Waals surface area (Å²) in [6, 6.07) is 8.03. The van der Waals surface area contributed by atoms with Crippen LogP contribution in [0.4, 0.5) is 17.6 Å². The van der Waals surface area contributed by atoms with Crippen LogP contribution in [-0.4, -0.2) is 5.11 Å². The Hall–Kier alpha value is -2.04. The zero-order valence-corrected chi connectivity index (χ0v) is 9.00. The zero-order valence-electron chi connectivity index (χ0n) is 9.00. The van der Waals surface area contributed by atoms with E-state index in [1.54, 1.807) is 0 Å². The minimum atomic E-state index is -4.50. The minimum absolute atomic E-state index is 0.0969. The average molecular weight is 256 g/mol. The van der Waals surface area contributed by atoms with Gasteiger partial charge < -0.3 is 5.11 Å². The first-order chi connectivity index (χ1) is 8.39. The number of alkyl halides is 3. The van der Waals surface area contributed by atoms with Crippen molar-refractivity contribution in [2.75, 3.05) is 0 Å². The molecule has 0 bridgehead atoms. The highest BCUT2D eigenvalue weighted by atomic mass is 19.4. The van der Waals surface area contributed by atoms with Crippen LogP contribution in [0.15, 0.2) is 42.5 Å². The van der Waals surface area contributed by atoms with E-state index in [2.05, 4.69) is 0 Å². The Bertz CT molecular complexity index is 575. The number of phenolic OH excluding ortho intramolecular Hbond substituents is 1. The van der Waals surface area contributed by atoms with Crippen molar-refractivity contribution >= 4 is 0 Å². The summed E-state index contributed by atoms with van der Waals surface area (Å²) in [7, 11) is 0. The molecule has 0 fully saturated rings. The van der Waals surface area contributed by atoms with Crippen LogP contribution in [0, 0.1) is 5.82 Å². The summed E-state index contributed by atoms with van der Waals surface area (Å²) in [6.45, 7) is 0. The van der Waals surface area contributed by atoms with Crippen molar-refractivity contribution in [3.63, 3.8) is 0 Å². The van der Waals surface area contributed by atoms with E-state index in [4.69, 9.17) is 0 Å². The Balaban J connectivity index is 2.61. The van der Waals surface area contributed by atoms with Crippen LogP contribution in [0.3, 0.4) is 0 Å². The van der Waals surface area contributed by atoms with Gasteiger partial charge in [0.05, 0.1) is 5.56 Å². The third-order valence-electron chi connectivity index (χ3n) is 2.49. The van der Waals surface area contributed by atoms with Gasteiger partial charge in [-0.05, 0) is 29.3 Å². The predicted molar refractivity (Wildman–Crippen MR) is 58.5 cm³/mol. The van der Waals surface area contributed by atoms with E-state index in [1.807, 2.05) is 0 Å². The molecule has 0 aliphatic heterocycles. The minimum Gasteiger partial charge on any atom is -0.505 e. The van der Waals surface area contributed by atoms with Crippen molar-refractivity contribution in [1.82, 2.24) is 0 Å². The predicted octanol–water partition coefficient (Wildman–Crippen LogP) is 4.22. The largest absolute Gasteiger partial charge is 0.505 e. The van der Waals surface area contributed by atoms with E-state index in [9.17, 15) is 22.7 Å². The fourth-order valence-electron chi connectivity index (χ4n) is 1.66. The highest BCUT2D eigenvalue weighted by Crippen LogP contribution is 2.37. The van der Waals surface area contributed by atoms with Crippen LogP contribution in [0.1, 0.15) is 5.56 Å². The molecule has 0 aliphatic carbocycles. The third-order valence-corrected chi connectivity index (χ3v) is 2.49. The fraction of sp³-hybridized carbons (Fsp3) is 0.0769. The maximum Gasteiger partial charge on any atom is 0.417 e. The van der Waals surface area contributed by atoms with Gasteiger partial charge in [0.15, 0.2) is 11.6 Å². The van der Waals surface area contributed by atoms with Crippen LogP contribution in [0.5, 0.6) is 5.75 Å². The first kappa shape index (κ1) is 12.4. The quantitative estimate of drug-likeness (QED) is 0.757. The number of hydrogen-bond donors (Lipinski definition) is 1. The van der Waals surface area contributed by atoms with Crippen LogP contribution in [0.2, 0.25) is 0 Å². The van der Waals surface area contributed by atoms with Crippen molar-refractivity contribution in [3.05, 3.63) is 53.8 Å². The van der Waals surface area contributed by atoms with Crippen LogP contribution >= 0.6 is 0 Å². The number of benzene rings is 2. The molecule has 0 unspecified atom stereocenters. The van der Waals surface area contributed by atoms with E-state index in [0.29, 0.717) is 0 Å².